The number of imide groups is 1. The van der Waals surface area contributed by atoms with Crippen molar-refractivity contribution in [3.8, 4) is 5.75 Å². The van der Waals surface area contributed by atoms with Gasteiger partial charge in [-0.2, -0.15) is 0 Å². The van der Waals surface area contributed by atoms with E-state index >= 15 is 0 Å². The molecule has 2 atom stereocenters. The summed E-state index contributed by atoms with van der Waals surface area (Å²) in [5.74, 6) is -1.61. The number of alkyl halides is 3. The molecule has 0 spiro atoms. The van der Waals surface area contributed by atoms with Gasteiger partial charge >= 0.3 is 6.36 Å². The van der Waals surface area contributed by atoms with Crippen LogP contribution >= 0.6 is 0 Å². The predicted molar refractivity (Wildman–Crippen MR) is 122 cm³/mol. The normalized spacial score (nSPS) is 20.5. The summed E-state index contributed by atoms with van der Waals surface area (Å²) in [5, 5.41) is 2.33. The lowest BCUT2D eigenvalue weighted by molar-refractivity contribution is -0.274. The zero-order valence-corrected chi connectivity index (χ0v) is 19.7. The number of carbonyl (C=O) groups excluding carboxylic acids is 3. The number of hydrogen-bond acceptors (Lipinski definition) is 6. The van der Waals surface area contributed by atoms with Crippen LogP contribution in [0.25, 0.3) is 0 Å². The maximum absolute atomic E-state index is 12.8. The van der Waals surface area contributed by atoms with E-state index in [1.807, 2.05) is 0 Å². The van der Waals surface area contributed by atoms with Crippen molar-refractivity contribution < 1.29 is 40.7 Å². The van der Waals surface area contributed by atoms with Crippen LogP contribution in [0.15, 0.2) is 47.4 Å². The lowest BCUT2D eigenvalue weighted by atomic mass is 9.79. The average molecular weight is 525 g/mol. The number of ether oxygens (including phenoxy) is 1. The Hall–Kier alpha value is -3.41. The van der Waals surface area contributed by atoms with E-state index in [4.69, 9.17) is 0 Å². The number of sulfonamides is 1. The Morgan fingerprint density at radius 2 is 1.81 bits per heavy atom. The van der Waals surface area contributed by atoms with E-state index in [2.05, 4.69) is 14.8 Å². The second kappa shape index (κ2) is 9.92. The molecule has 36 heavy (non-hydrogen) atoms. The van der Waals surface area contributed by atoms with E-state index in [9.17, 15) is 36.0 Å². The zero-order valence-electron chi connectivity index (χ0n) is 18.9. The first kappa shape index (κ1) is 25.7. The third-order valence-corrected chi connectivity index (χ3v) is 7.65. The molecular formula is C24H23F3N2O6S. The van der Waals surface area contributed by atoms with Gasteiger partial charge in [0.2, 0.25) is 11.8 Å². The molecule has 0 radical (unpaired) electrons. The number of amides is 2. The van der Waals surface area contributed by atoms with Crippen LogP contribution < -0.4 is 14.8 Å². The number of anilines is 1. The molecule has 0 bridgehead atoms. The summed E-state index contributed by atoms with van der Waals surface area (Å²) in [6.45, 7) is 0. The van der Waals surface area contributed by atoms with Gasteiger partial charge in [0, 0.05) is 36.1 Å². The van der Waals surface area contributed by atoms with E-state index in [-0.39, 0.29) is 41.5 Å². The number of fused-ring (bicyclic) bond motifs is 1. The van der Waals surface area contributed by atoms with Crippen molar-refractivity contribution in [3.63, 3.8) is 0 Å². The van der Waals surface area contributed by atoms with Crippen molar-refractivity contribution in [2.75, 3.05) is 4.72 Å². The Kier molecular flexibility index (Phi) is 7.07. The first-order valence-corrected chi connectivity index (χ1v) is 12.8. The fourth-order valence-corrected chi connectivity index (χ4v) is 5.62. The Bertz CT molecular complexity index is 1310. The highest BCUT2D eigenvalue weighted by Crippen LogP contribution is 2.33. The molecule has 1 saturated heterocycles. The minimum atomic E-state index is -4.96. The summed E-state index contributed by atoms with van der Waals surface area (Å²) in [5.41, 5.74) is 1.23. The quantitative estimate of drug-likeness (QED) is 0.530. The average Bonchev–Trinajstić information content (AvgIpc) is 2.78. The van der Waals surface area contributed by atoms with Gasteiger partial charge in [-0.1, -0.05) is 12.1 Å². The molecule has 2 N–H and O–H groups in total. The van der Waals surface area contributed by atoms with Crippen molar-refractivity contribution >= 4 is 33.3 Å². The Morgan fingerprint density at radius 1 is 1.03 bits per heavy atom. The number of halogens is 3. The van der Waals surface area contributed by atoms with E-state index in [1.165, 1.54) is 12.1 Å². The Morgan fingerprint density at radius 3 is 2.53 bits per heavy atom. The Labute approximate surface area is 205 Å². The molecule has 1 fully saturated rings. The molecule has 8 nitrogen and oxygen atoms in total. The van der Waals surface area contributed by atoms with Gasteiger partial charge in [0.15, 0.2) is 5.78 Å². The maximum Gasteiger partial charge on any atom is 0.573 e. The molecule has 12 heteroatoms. The molecule has 4 rings (SSSR count). The number of rotatable bonds is 7. The van der Waals surface area contributed by atoms with Gasteiger partial charge in [-0.25, -0.2) is 8.42 Å². The van der Waals surface area contributed by atoms with Crippen LogP contribution in [-0.2, 0) is 26.0 Å². The molecule has 1 aliphatic carbocycles. The van der Waals surface area contributed by atoms with Gasteiger partial charge in [-0.3, -0.25) is 24.4 Å². The number of piperidine rings is 1. The highest BCUT2D eigenvalue weighted by atomic mass is 32.2. The van der Waals surface area contributed by atoms with Crippen molar-refractivity contribution in [2.45, 2.75) is 49.8 Å². The minimum absolute atomic E-state index is 0.0225. The molecule has 2 amide bonds. The lowest BCUT2D eigenvalue weighted by Gasteiger charge is -2.27. The first-order valence-electron chi connectivity index (χ1n) is 11.3. The smallest absolute Gasteiger partial charge is 0.406 e. The number of Topliss-reactive ketones (excluding diaryl/α,β-unsaturated/α-hetero) is 1. The van der Waals surface area contributed by atoms with Gasteiger partial charge in [-0.05, 0) is 61.4 Å². The number of hydrogen-bond donors (Lipinski definition) is 2. The SMILES string of the molecule is O=C1CCC(CCC2CC(=O)c3cc(NS(=O)(=O)c4cccc(OC(F)(F)F)c4)ccc3C2)C(=O)N1. The number of carbonyl (C=O) groups is 3. The fourth-order valence-electron chi connectivity index (χ4n) is 4.54. The molecule has 2 aromatic rings. The zero-order chi connectivity index (χ0) is 26.1. The minimum Gasteiger partial charge on any atom is -0.406 e. The van der Waals surface area contributed by atoms with Crippen LogP contribution in [0.5, 0.6) is 5.75 Å². The van der Waals surface area contributed by atoms with Crippen LogP contribution in [-0.4, -0.2) is 32.4 Å². The highest BCUT2D eigenvalue weighted by molar-refractivity contribution is 7.92. The summed E-state index contributed by atoms with van der Waals surface area (Å²) in [4.78, 5) is 35.6. The van der Waals surface area contributed by atoms with Gasteiger partial charge in [0.25, 0.3) is 10.0 Å². The van der Waals surface area contributed by atoms with E-state index in [0.29, 0.717) is 37.7 Å². The van der Waals surface area contributed by atoms with E-state index in [1.54, 1.807) is 6.07 Å². The van der Waals surface area contributed by atoms with Gasteiger partial charge in [-0.15, -0.1) is 13.2 Å². The molecule has 2 aliphatic rings. The number of ketones is 1. The van der Waals surface area contributed by atoms with Crippen molar-refractivity contribution in [2.24, 2.45) is 11.8 Å². The molecule has 1 aliphatic heterocycles. The summed E-state index contributed by atoms with van der Waals surface area (Å²) < 4.78 is 68.9. The standard InChI is InChI=1S/C24H23F3N2O6S/c25-24(26,27)35-18-2-1-3-19(13-18)36(33,34)29-17-8-6-16-10-14(11-21(30)20(16)12-17)4-5-15-7-9-22(31)28-23(15)32/h1-3,6,8,12-15,29H,4-5,7,9-11H2,(H,28,31,32). The monoisotopic (exact) mass is 524 g/mol. The largest absolute Gasteiger partial charge is 0.573 e. The van der Waals surface area contributed by atoms with Crippen molar-refractivity contribution in [1.29, 1.82) is 0 Å². The van der Waals surface area contributed by atoms with Gasteiger partial charge in [0.05, 0.1) is 4.90 Å². The van der Waals surface area contributed by atoms with E-state index < -0.39 is 27.0 Å². The van der Waals surface area contributed by atoms with Gasteiger partial charge < -0.3 is 4.74 Å². The van der Waals surface area contributed by atoms with Crippen LogP contribution in [0.4, 0.5) is 18.9 Å². The fraction of sp³-hybridized carbons (Fsp3) is 0.375. The van der Waals surface area contributed by atoms with Crippen molar-refractivity contribution in [1.82, 2.24) is 5.32 Å². The molecule has 192 valence electrons. The maximum atomic E-state index is 12.8. The van der Waals surface area contributed by atoms with Crippen LogP contribution in [0, 0.1) is 11.8 Å². The summed E-state index contributed by atoms with van der Waals surface area (Å²) >= 11 is 0. The molecule has 2 aromatic carbocycles. The third kappa shape index (κ3) is 6.23. The molecule has 0 saturated carbocycles. The Balaban J connectivity index is 1.42. The van der Waals surface area contributed by atoms with Gasteiger partial charge in [0.1, 0.15) is 5.75 Å². The summed E-state index contributed by atoms with van der Waals surface area (Å²) in [6.07, 6.45) is -2.12. The van der Waals surface area contributed by atoms with Crippen LogP contribution in [0.3, 0.4) is 0 Å². The number of nitrogens with one attached hydrogen (secondary N) is 2. The molecule has 2 unspecified atom stereocenters. The van der Waals surface area contributed by atoms with E-state index in [0.717, 1.165) is 29.8 Å². The second-order valence-corrected chi connectivity index (χ2v) is 10.6. The summed E-state index contributed by atoms with van der Waals surface area (Å²) in [6, 6.07) is 8.55. The second-order valence-electron chi connectivity index (χ2n) is 8.92. The lowest BCUT2D eigenvalue weighted by Crippen LogP contribution is -2.40. The summed E-state index contributed by atoms with van der Waals surface area (Å²) in [7, 11) is -4.25. The van der Waals surface area contributed by atoms with Crippen LogP contribution in [0.1, 0.15) is 48.0 Å². The first-order chi connectivity index (χ1) is 16.9. The molecule has 1 heterocycles. The van der Waals surface area contributed by atoms with Crippen molar-refractivity contribution in [3.05, 3.63) is 53.6 Å². The number of benzene rings is 2. The highest BCUT2D eigenvalue weighted by Gasteiger charge is 2.32. The third-order valence-electron chi connectivity index (χ3n) is 6.27. The molecule has 0 aromatic heterocycles. The molecular weight excluding hydrogens is 501 g/mol. The van der Waals surface area contributed by atoms with Crippen LogP contribution in [0.2, 0.25) is 0 Å². The predicted octanol–water partition coefficient (Wildman–Crippen LogP) is 3.96. The topological polar surface area (TPSA) is 119 Å².